The maximum atomic E-state index is 2.65. The molecule has 3 aliphatic rings. The number of para-hydroxylation sites is 3. The van der Waals surface area contributed by atoms with Gasteiger partial charge in [0, 0.05) is 33.3 Å². The number of benzene rings is 6. The normalized spacial score (nSPS) is 16.8. The Morgan fingerprint density at radius 1 is 0.362 bits per heavy atom. The molecular weight excluding hydrogens is 569 g/mol. The molecule has 0 amide bonds. The van der Waals surface area contributed by atoms with Gasteiger partial charge in [-0.2, -0.15) is 0 Å². The first-order valence-corrected chi connectivity index (χ1v) is 16.9. The molecule has 0 aliphatic carbocycles. The molecule has 2 heteroatoms. The van der Waals surface area contributed by atoms with Gasteiger partial charge in [0.1, 0.15) is 0 Å². The second kappa shape index (κ2) is 9.48. The summed E-state index contributed by atoms with van der Waals surface area (Å²) < 4.78 is 0. The van der Waals surface area contributed by atoms with Crippen molar-refractivity contribution >= 4 is 34.1 Å². The molecule has 0 unspecified atom stereocenters. The van der Waals surface area contributed by atoms with Crippen LogP contribution in [-0.2, 0) is 16.2 Å². The van der Waals surface area contributed by atoms with E-state index in [-0.39, 0.29) is 16.2 Å². The van der Waals surface area contributed by atoms with E-state index in [4.69, 9.17) is 0 Å². The number of anilines is 6. The Balaban J connectivity index is 1.35. The van der Waals surface area contributed by atoms with Crippen LogP contribution in [0.3, 0.4) is 0 Å². The summed E-state index contributed by atoms with van der Waals surface area (Å²) in [5.74, 6) is 0. The second-order valence-electron chi connectivity index (χ2n) is 15.1. The molecule has 0 atom stereocenters. The van der Waals surface area contributed by atoms with E-state index in [9.17, 15) is 0 Å². The highest BCUT2D eigenvalue weighted by Crippen LogP contribution is 2.66. The van der Waals surface area contributed by atoms with Crippen molar-refractivity contribution in [3.05, 3.63) is 167 Å². The molecule has 0 bridgehead atoms. The molecule has 0 fully saturated rings. The lowest BCUT2D eigenvalue weighted by molar-refractivity contribution is 0.566. The molecule has 6 aromatic rings. The van der Waals surface area contributed by atoms with Crippen LogP contribution in [0.25, 0.3) is 11.1 Å². The summed E-state index contributed by atoms with van der Waals surface area (Å²) in [4.78, 5) is 5.10. The first kappa shape index (κ1) is 28.2. The van der Waals surface area contributed by atoms with Crippen LogP contribution in [0.5, 0.6) is 0 Å². The van der Waals surface area contributed by atoms with Gasteiger partial charge in [-0.3, -0.25) is 0 Å². The third-order valence-electron chi connectivity index (χ3n) is 11.4. The quantitative estimate of drug-likeness (QED) is 0.196. The molecule has 0 aromatic heterocycles. The summed E-state index contributed by atoms with van der Waals surface area (Å²) in [6, 6.07) is 49.5. The van der Waals surface area contributed by atoms with E-state index in [2.05, 4.69) is 185 Å². The zero-order valence-corrected chi connectivity index (χ0v) is 28.1. The lowest BCUT2D eigenvalue weighted by Crippen LogP contribution is -2.43. The van der Waals surface area contributed by atoms with Crippen molar-refractivity contribution in [3.63, 3.8) is 0 Å². The summed E-state index contributed by atoms with van der Waals surface area (Å²) in [5, 5.41) is 0. The van der Waals surface area contributed by atoms with Gasteiger partial charge in [-0.25, -0.2) is 0 Å². The molecule has 2 nitrogen and oxygen atoms in total. The minimum Gasteiger partial charge on any atom is -0.310 e. The van der Waals surface area contributed by atoms with Crippen LogP contribution in [0.4, 0.5) is 34.1 Å². The Morgan fingerprint density at radius 2 is 0.766 bits per heavy atom. The van der Waals surface area contributed by atoms with E-state index < -0.39 is 0 Å². The summed E-state index contributed by atoms with van der Waals surface area (Å²) in [7, 11) is 0. The molecule has 0 saturated carbocycles. The fourth-order valence-corrected chi connectivity index (χ4v) is 8.78. The molecule has 0 radical (unpaired) electrons. The van der Waals surface area contributed by atoms with Crippen molar-refractivity contribution in [2.75, 3.05) is 9.80 Å². The molecule has 230 valence electrons. The van der Waals surface area contributed by atoms with Crippen LogP contribution in [0.15, 0.2) is 133 Å². The zero-order valence-electron chi connectivity index (χ0n) is 28.1. The number of hydrogen-bond donors (Lipinski definition) is 0. The number of nitrogens with zero attached hydrogens (tertiary/aromatic N) is 2. The molecule has 3 heterocycles. The van der Waals surface area contributed by atoms with Crippen LogP contribution in [-0.4, -0.2) is 0 Å². The Bertz CT molecular complexity index is 2130. The van der Waals surface area contributed by atoms with Crippen molar-refractivity contribution in [2.45, 2.75) is 57.8 Å². The predicted octanol–water partition coefficient (Wildman–Crippen LogP) is 12.2. The van der Waals surface area contributed by atoms with Crippen molar-refractivity contribution in [3.8, 4) is 11.1 Å². The molecule has 47 heavy (non-hydrogen) atoms. The molecule has 9 rings (SSSR count). The van der Waals surface area contributed by atoms with Crippen molar-refractivity contribution in [1.29, 1.82) is 0 Å². The van der Waals surface area contributed by atoms with Gasteiger partial charge < -0.3 is 9.80 Å². The van der Waals surface area contributed by atoms with Gasteiger partial charge in [-0.15, -0.1) is 0 Å². The number of hydrogen-bond acceptors (Lipinski definition) is 2. The van der Waals surface area contributed by atoms with Crippen LogP contribution in [0.1, 0.15) is 74.9 Å². The summed E-state index contributed by atoms with van der Waals surface area (Å²) in [5.41, 5.74) is 17.9. The maximum absolute atomic E-state index is 2.65. The lowest BCUT2D eigenvalue weighted by Gasteiger charge is -2.55. The Labute approximate surface area is 279 Å². The molecule has 0 spiro atoms. The SMILES string of the molecule is CC1(C)c2cccc3c2N2c4c1cccc4C(C)(C)c1cc(N(c4ccccc4)c4cccc(-c5ccccc5)c4)cc(c12)C3(C)C. The molecule has 0 N–H and O–H groups in total. The van der Waals surface area contributed by atoms with Crippen molar-refractivity contribution in [1.82, 2.24) is 0 Å². The number of rotatable bonds is 4. The average molecular weight is 609 g/mol. The monoisotopic (exact) mass is 608 g/mol. The molecular formula is C45H40N2. The Kier molecular flexibility index (Phi) is 5.68. The zero-order chi connectivity index (χ0) is 32.3. The van der Waals surface area contributed by atoms with Crippen molar-refractivity contribution < 1.29 is 0 Å². The highest BCUT2D eigenvalue weighted by molar-refractivity contribution is 5.99. The first-order valence-electron chi connectivity index (χ1n) is 16.9. The highest BCUT2D eigenvalue weighted by atomic mass is 15.2. The third-order valence-corrected chi connectivity index (χ3v) is 11.4. The fraction of sp³-hybridized carbons (Fsp3) is 0.200. The van der Waals surface area contributed by atoms with Gasteiger partial charge in [0.25, 0.3) is 0 Å². The van der Waals surface area contributed by atoms with Crippen LogP contribution < -0.4 is 9.80 Å². The second-order valence-corrected chi connectivity index (χ2v) is 15.1. The molecule has 0 saturated heterocycles. The third kappa shape index (κ3) is 3.73. The van der Waals surface area contributed by atoms with Crippen LogP contribution in [0.2, 0.25) is 0 Å². The van der Waals surface area contributed by atoms with E-state index in [1.165, 1.54) is 67.3 Å². The van der Waals surface area contributed by atoms with Gasteiger partial charge >= 0.3 is 0 Å². The molecule has 6 aromatic carbocycles. The smallest absolute Gasteiger partial charge is 0.0545 e. The van der Waals surface area contributed by atoms with Gasteiger partial charge in [0.15, 0.2) is 0 Å². The highest BCUT2D eigenvalue weighted by Gasteiger charge is 2.51. The van der Waals surface area contributed by atoms with Gasteiger partial charge in [-0.05, 0) is 80.9 Å². The molecule has 3 aliphatic heterocycles. The Morgan fingerprint density at radius 3 is 1.30 bits per heavy atom. The van der Waals surface area contributed by atoms with Crippen LogP contribution in [0, 0.1) is 0 Å². The lowest BCUT2D eigenvalue weighted by atomic mass is 9.61. The van der Waals surface area contributed by atoms with E-state index in [0.29, 0.717) is 0 Å². The summed E-state index contributed by atoms with van der Waals surface area (Å²) in [6.45, 7) is 14.5. The predicted molar refractivity (Wildman–Crippen MR) is 198 cm³/mol. The standard InChI is InChI=1S/C45H40N2/c1-43(2)34-22-14-24-36-40(34)47-41-35(43)23-15-25-37(41)45(5,6)39-28-33(27-38(42(39)47)44(36,3)4)46(31-19-11-8-12-20-31)32-21-13-18-30(26-32)29-16-9-7-10-17-29/h7-28H,1-6H3. The Hall–Kier alpha value is -5.08. The van der Waals surface area contributed by atoms with Crippen LogP contribution >= 0.6 is 0 Å². The van der Waals surface area contributed by atoms with Gasteiger partial charge in [-0.1, -0.05) is 139 Å². The topological polar surface area (TPSA) is 6.48 Å². The van der Waals surface area contributed by atoms with E-state index in [0.717, 1.165) is 11.4 Å². The van der Waals surface area contributed by atoms with Crippen molar-refractivity contribution in [2.24, 2.45) is 0 Å². The minimum absolute atomic E-state index is 0.0951. The summed E-state index contributed by atoms with van der Waals surface area (Å²) >= 11 is 0. The largest absolute Gasteiger partial charge is 0.310 e. The first-order chi connectivity index (χ1) is 22.6. The van der Waals surface area contributed by atoms with Gasteiger partial charge in [0.05, 0.1) is 17.1 Å². The maximum Gasteiger partial charge on any atom is 0.0545 e. The van der Waals surface area contributed by atoms with E-state index >= 15 is 0 Å². The average Bonchev–Trinajstić information content (AvgIpc) is 3.08. The summed E-state index contributed by atoms with van der Waals surface area (Å²) in [6.07, 6.45) is 0. The van der Waals surface area contributed by atoms with E-state index in [1.807, 2.05) is 0 Å². The van der Waals surface area contributed by atoms with E-state index in [1.54, 1.807) is 0 Å². The fourth-order valence-electron chi connectivity index (χ4n) is 8.78. The minimum atomic E-state index is -0.202. The van der Waals surface area contributed by atoms with Gasteiger partial charge in [0.2, 0.25) is 0 Å².